The van der Waals surface area contributed by atoms with Gasteiger partial charge in [-0.25, -0.2) is 0 Å². The van der Waals surface area contributed by atoms with Crippen LogP contribution in [0.3, 0.4) is 0 Å². The standard InChI is InChI=1S/C22H23.C18H25.C2H6Si.2ClH.Zr/c1-16-14-20-8-5-9-21(22(20)15-16)19-12-10-18(11-13-19)17-6-3-2-4-7-17;1-5-8-14(4)16-11-15-9-7-10-17(13(3)6-2)18(15)12-16;1-3-2;;;/h5,8-15,17H,2-4,6-7H2,1H3;7,9-14H,5-6,8H2,1-4H3;1-2H3;2*1H;/q2*-1;;;;+4/p-2. The van der Waals surface area contributed by atoms with Crippen LogP contribution in [0.25, 0.3) is 32.7 Å². The molecule has 6 rings (SSSR count). The number of halogens is 2. The molecule has 1 saturated carbocycles. The van der Waals surface area contributed by atoms with Crippen molar-refractivity contribution in [3.63, 3.8) is 0 Å². The zero-order valence-corrected chi connectivity index (χ0v) is 34.2. The van der Waals surface area contributed by atoms with Crippen LogP contribution in [0.2, 0.25) is 13.1 Å². The van der Waals surface area contributed by atoms with Gasteiger partial charge < -0.3 is 0 Å². The van der Waals surface area contributed by atoms with Gasteiger partial charge in [-0.05, 0) is 48.1 Å². The summed E-state index contributed by atoms with van der Waals surface area (Å²) >= 11 is -0.826. The van der Waals surface area contributed by atoms with E-state index in [1.807, 2.05) is 0 Å². The van der Waals surface area contributed by atoms with Gasteiger partial charge >= 0.3 is 37.9 Å². The van der Waals surface area contributed by atoms with Crippen molar-refractivity contribution >= 4 is 48.1 Å². The summed E-state index contributed by atoms with van der Waals surface area (Å²) in [6.45, 7) is 15.7. The van der Waals surface area contributed by atoms with E-state index in [4.69, 9.17) is 17.0 Å². The Bertz CT molecular complexity index is 1560. The molecule has 0 heterocycles. The predicted molar refractivity (Wildman–Crippen MR) is 206 cm³/mol. The van der Waals surface area contributed by atoms with Crippen LogP contribution < -0.4 is 0 Å². The third kappa shape index (κ3) is 11.1. The summed E-state index contributed by atoms with van der Waals surface area (Å²) in [5, 5.41) is 5.63. The molecule has 0 aromatic heterocycles. The summed E-state index contributed by atoms with van der Waals surface area (Å²) in [4.78, 5) is 0. The fourth-order valence-corrected chi connectivity index (χ4v) is 6.82. The second kappa shape index (κ2) is 20.8. The van der Waals surface area contributed by atoms with Gasteiger partial charge in [0, 0.05) is 9.52 Å². The van der Waals surface area contributed by atoms with Crippen molar-refractivity contribution in [2.24, 2.45) is 0 Å². The Morgan fingerprint density at radius 1 is 0.804 bits per heavy atom. The van der Waals surface area contributed by atoms with Crippen molar-refractivity contribution in [1.82, 2.24) is 0 Å². The van der Waals surface area contributed by atoms with Crippen molar-refractivity contribution in [2.75, 3.05) is 0 Å². The second-order valence-electron chi connectivity index (χ2n) is 13.0. The summed E-state index contributed by atoms with van der Waals surface area (Å²) in [6.07, 6.45) is 10.7. The second-order valence-corrected chi connectivity index (χ2v) is 17.7. The van der Waals surface area contributed by atoms with Gasteiger partial charge in [-0.1, -0.05) is 127 Å². The van der Waals surface area contributed by atoms with Crippen LogP contribution >= 0.6 is 17.0 Å². The third-order valence-corrected chi connectivity index (χ3v) is 9.43. The molecule has 0 N–H and O–H groups in total. The van der Waals surface area contributed by atoms with Gasteiger partial charge in [-0.2, -0.15) is 12.1 Å². The minimum atomic E-state index is -0.826. The van der Waals surface area contributed by atoms with Gasteiger partial charge in [-0.15, -0.1) is 69.1 Å². The topological polar surface area (TPSA) is 0 Å². The number of benzene rings is 3. The van der Waals surface area contributed by atoms with E-state index in [0.717, 1.165) is 15.4 Å². The third-order valence-electron chi connectivity index (χ3n) is 9.43. The number of fused-ring (bicyclic) bond motifs is 2. The molecule has 0 nitrogen and oxygen atoms in total. The van der Waals surface area contributed by atoms with Crippen LogP contribution in [0.4, 0.5) is 0 Å². The van der Waals surface area contributed by atoms with Crippen LogP contribution in [-0.2, 0) is 20.8 Å². The first-order valence-corrected chi connectivity index (χ1v) is 25.6. The first kappa shape index (κ1) is 39.0. The molecule has 1 aliphatic carbocycles. The molecule has 1 fully saturated rings. The molecule has 46 heavy (non-hydrogen) atoms. The molecule has 2 radical (unpaired) electrons. The molecular weight excluding hydrogens is 695 g/mol. The average Bonchev–Trinajstić information content (AvgIpc) is 3.69. The SMILES string of the molecule is CCCC(C)c1cc2c(C(C)CC)cccc2[cH-]1.C[Si]C.Cc1cc2c(-c3ccc(C4CCCCC4)cc3)cccc2[cH-]1.[Cl][Zr+2][Cl]. The van der Waals surface area contributed by atoms with Crippen molar-refractivity contribution in [3.05, 3.63) is 107 Å². The maximum atomic E-state index is 4.93. The van der Waals surface area contributed by atoms with E-state index in [9.17, 15) is 0 Å². The molecule has 5 aromatic carbocycles. The molecule has 2 atom stereocenters. The minimum absolute atomic E-state index is 0.658. The van der Waals surface area contributed by atoms with Crippen LogP contribution in [0.15, 0.2) is 84.9 Å². The zero-order chi connectivity index (χ0) is 33.5. The fraction of sp³-hybridized carbons (Fsp3) is 0.429. The number of hydrogen-bond acceptors (Lipinski definition) is 0. The number of rotatable bonds is 7. The number of hydrogen-bond donors (Lipinski definition) is 0. The first-order chi connectivity index (χ1) is 22.3. The van der Waals surface area contributed by atoms with E-state index in [-0.39, 0.29) is 0 Å². The Kier molecular flexibility index (Phi) is 17.7. The summed E-state index contributed by atoms with van der Waals surface area (Å²) in [7, 11) is 11.0. The summed E-state index contributed by atoms with van der Waals surface area (Å²) in [5.74, 6) is 2.14. The van der Waals surface area contributed by atoms with E-state index in [1.54, 1.807) is 0 Å². The van der Waals surface area contributed by atoms with Gasteiger partial charge in [0.1, 0.15) is 0 Å². The van der Waals surface area contributed by atoms with Crippen LogP contribution in [0.1, 0.15) is 119 Å². The number of aryl methyl sites for hydroxylation is 1. The zero-order valence-electron chi connectivity index (χ0n) is 29.2. The van der Waals surface area contributed by atoms with E-state index >= 15 is 0 Å². The Hall–Kier alpha value is -1.44. The normalized spacial score (nSPS) is 14.2. The maximum absolute atomic E-state index is 4.93. The van der Waals surface area contributed by atoms with Crippen molar-refractivity contribution in [1.29, 1.82) is 0 Å². The van der Waals surface area contributed by atoms with Gasteiger partial charge in [0.25, 0.3) is 0 Å². The predicted octanol–water partition coefficient (Wildman–Crippen LogP) is 14.7. The summed E-state index contributed by atoms with van der Waals surface area (Å²) in [6, 6.07) is 32.1. The van der Waals surface area contributed by atoms with E-state index in [0.29, 0.717) is 11.8 Å². The quantitative estimate of drug-likeness (QED) is 0.115. The molecule has 0 bridgehead atoms. The molecule has 0 saturated heterocycles. The molecule has 244 valence electrons. The van der Waals surface area contributed by atoms with Gasteiger partial charge in [0.15, 0.2) is 0 Å². The molecule has 1 aliphatic rings. The van der Waals surface area contributed by atoms with E-state index in [1.165, 1.54) is 106 Å². The molecular formula is C42H54Cl2SiZr. The summed E-state index contributed by atoms with van der Waals surface area (Å²) in [5.41, 5.74) is 8.62. The van der Waals surface area contributed by atoms with E-state index in [2.05, 4.69) is 133 Å². The monoisotopic (exact) mass is 746 g/mol. The molecule has 0 spiro atoms. The van der Waals surface area contributed by atoms with Gasteiger partial charge in [0.2, 0.25) is 0 Å². The van der Waals surface area contributed by atoms with Crippen LogP contribution in [-0.4, -0.2) is 9.52 Å². The van der Waals surface area contributed by atoms with Crippen molar-refractivity contribution in [2.45, 2.75) is 117 Å². The molecule has 5 aromatic rings. The van der Waals surface area contributed by atoms with E-state index < -0.39 is 20.8 Å². The first-order valence-electron chi connectivity index (χ1n) is 17.3. The molecule has 0 aliphatic heterocycles. The van der Waals surface area contributed by atoms with Crippen molar-refractivity contribution in [3.8, 4) is 11.1 Å². The fourth-order valence-electron chi connectivity index (χ4n) is 6.82. The Morgan fingerprint density at radius 2 is 1.41 bits per heavy atom. The van der Waals surface area contributed by atoms with Crippen molar-refractivity contribution < 1.29 is 20.8 Å². The molecule has 4 heteroatoms. The van der Waals surface area contributed by atoms with Crippen LogP contribution in [0, 0.1) is 6.92 Å². The summed E-state index contributed by atoms with van der Waals surface area (Å²) < 4.78 is 0. The van der Waals surface area contributed by atoms with Gasteiger partial charge in [0.05, 0.1) is 0 Å². The van der Waals surface area contributed by atoms with Gasteiger partial charge in [-0.3, -0.25) is 0 Å². The Balaban J connectivity index is 0.000000218. The average molecular weight is 749 g/mol. The van der Waals surface area contributed by atoms with Crippen LogP contribution in [0.5, 0.6) is 0 Å². The Morgan fingerprint density at radius 3 is 2.02 bits per heavy atom. The molecule has 0 amide bonds. The molecule has 2 unspecified atom stereocenters. The Labute approximate surface area is 301 Å².